The van der Waals surface area contributed by atoms with E-state index >= 15 is 0 Å². The Morgan fingerprint density at radius 1 is 0.961 bits per heavy atom. The molecule has 15 nitrogen and oxygen atoms in total. The highest BCUT2D eigenvalue weighted by molar-refractivity contribution is 5.99. The van der Waals surface area contributed by atoms with Gasteiger partial charge in [-0.3, -0.25) is 24.0 Å². The van der Waals surface area contributed by atoms with Crippen molar-refractivity contribution in [2.24, 2.45) is 0 Å². The van der Waals surface area contributed by atoms with Gasteiger partial charge in [0, 0.05) is 56.6 Å². The van der Waals surface area contributed by atoms with Crippen molar-refractivity contribution in [1.82, 2.24) is 30.3 Å². The number of amides is 5. The van der Waals surface area contributed by atoms with Crippen molar-refractivity contribution in [1.29, 1.82) is 0 Å². The Balaban J connectivity index is 1.29. The van der Waals surface area contributed by atoms with Crippen LogP contribution in [0.3, 0.4) is 0 Å². The van der Waals surface area contributed by atoms with Crippen molar-refractivity contribution in [3.63, 3.8) is 0 Å². The number of aryl methyl sites for hydroxylation is 1. The monoisotopic (exact) mass is 708 g/mol. The number of carbonyl (C=O) groups is 6. The van der Waals surface area contributed by atoms with E-state index in [9.17, 15) is 28.8 Å². The zero-order valence-electron chi connectivity index (χ0n) is 29.6. The zero-order valence-corrected chi connectivity index (χ0v) is 29.6. The van der Waals surface area contributed by atoms with Gasteiger partial charge in [0.2, 0.25) is 11.8 Å². The lowest BCUT2D eigenvalue weighted by Gasteiger charge is -2.36. The van der Waals surface area contributed by atoms with Crippen molar-refractivity contribution in [2.75, 3.05) is 53.0 Å². The van der Waals surface area contributed by atoms with Crippen LogP contribution >= 0.6 is 0 Å². The lowest BCUT2D eigenvalue weighted by Crippen LogP contribution is -2.56. The fraction of sp³-hybridized carbons (Fsp3) is 0.583. The molecular formula is C36H48N6O9. The first-order valence-electron chi connectivity index (χ1n) is 17.8. The van der Waals surface area contributed by atoms with Crippen LogP contribution < -0.4 is 15.4 Å². The molecule has 0 spiro atoms. The number of esters is 1. The number of piperazine rings is 1. The van der Waals surface area contributed by atoms with Gasteiger partial charge in [-0.15, -0.1) is 0 Å². The number of carbonyl (C=O) groups excluding carboxylic acids is 6. The highest BCUT2D eigenvalue weighted by atomic mass is 16.6. The van der Waals surface area contributed by atoms with Crippen LogP contribution in [0.4, 0.5) is 4.79 Å². The molecule has 0 unspecified atom stereocenters. The highest BCUT2D eigenvalue weighted by Crippen LogP contribution is 2.28. The maximum absolute atomic E-state index is 13.8. The number of methoxy groups -OCH3 is 1. The topological polar surface area (TPSA) is 177 Å². The maximum Gasteiger partial charge on any atom is 0.409 e. The number of likely N-dealkylation sites (tertiary alicyclic amines) is 1. The Bertz CT molecular complexity index is 1620. The van der Waals surface area contributed by atoms with Crippen molar-refractivity contribution in [2.45, 2.75) is 83.3 Å². The van der Waals surface area contributed by atoms with E-state index < -0.39 is 36.0 Å². The Morgan fingerprint density at radius 2 is 1.71 bits per heavy atom. The van der Waals surface area contributed by atoms with E-state index in [0.717, 1.165) is 24.8 Å². The largest absolute Gasteiger partial charge is 0.483 e. The minimum absolute atomic E-state index is 0.0219. The maximum atomic E-state index is 13.8. The molecule has 3 fully saturated rings. The van der Waals surface area contributed by atoms with Gasteiger partial charge in [-0.1, -0.05) is 13.0 Å². The van der Waals surface area contributed by atoms with E-state index in [1.54, 1.807) is 21.9 Å². The van der Waals surface area contributed by atoms with Gasteiger partial charge in [0.1, 0.15) is 23.5 Å². The summed E-state index contributed by atoms with van der Waals surface area (Å²) in [5, 5.41) is 6.38. The minimum atomic E-state index is -1.09. The summed E-state index contributed by atoms with van der Waals surface area (Å²) in [4.78, 5) is 87.2. The molecule has 2 saturated heterocycles. The van der Waals surface area contributed by atoms with E-state index in [-0.39, 0.29) is 74.9 Å². The number of rotatable bonds is 13. The third-order valence-corrected chi connectivity index (χ3v) is 9.59. The Labute approximate surface area is 297 Å². The Morgan fingerprint density at radius 3 is 2.39 bits per heavy atom. The fourth-order valence-corrected chi connectivity index (χ4v) is 6.42. The average molecular weight is 709 g/mol. The van der Waals surface area contributed by atoms with Crippen molar-refractivity contribution < 1.29 is 43.0 Å². The molecule has 3 heterocycles. The summed E-state index contributed by atoms with van der Waals surface area (Å²) in [6.07, 6.45) is 4.42. The van der Waals surface area contributed by atoms with E-state index in [2.05, 4.69) is 15.6 Å². The number of fused-ring (bicyclic) bond motifs is 1. The lowest BCUT2D eigenvalue weighted by atomic mass is 9.93. The number of nitrogens with zero attached hydrogens (tertiary/aromatic N) is 4. The van der Waals surface area contributed by atoms with Gasteiger partial charge in [-0.2, -0.15) is 0 Å². The first-order valence-corrected chi connectivity index (χ1v) is 17.8. The number of ether oxygens (including phenoxy) is 3. The Hall–Kier alpha value is -4.95. The fourth-order valence-electron chi connectivity index (χ4n) is 6.42. The molecule has 2 aliphatic heterocycles. The standard InChI is InChI=1S/C36H48N6O9/c1-4-19-50-36(48)41-17-15-40(16-18-41)35(47)26(12-13-32(44)49-3)39-33(45)28-21-30(25-11-10-23(2)20-27(25)38-28)51-22-31(43)42-14-6-9-29(42)34(46)37-24-7-5-8-24/h10-11,20-21,24,26,29H,4-9,12-19,22H2,1-3H3,(H,37,46)(H,39,45)/t26-,29-/m0/s1. The smallest absolute Gasteiger partial charge is 0.409 e. The van der Waals surface area contributed by atoms with Crippen molar-refractivity contribution in [3.8, 4) is 5.75 Å². The molecule has 2 atom stereocenters. The second kappa shape index (κ2) is 17.3. The number of nitrogens with one attached hydrogen (secondary N) is 2. The van der Waals surface area contributed by atoms with E-state index in [4.69, 9.17) is 14.2 Å². The van der Waals surface area contributed by atoms with E-state index in [0.29, 0.717) is 43.3 Å². The molecule has 5 amide bonds. The second-order valence-electron chi connectivity index (χ2n) is 13.3. The first kappa shape index (κ1) is 37.3. The number of benzene rings is 1. The molecule has 0 radical (unpaired) electrons. The molecule has 2 aromatic rings. The van der Waals surface area contributed by atoms with E-state index in [1.807, 2.05) is 19.9 Å². The van der Waals surface area contributed by atoms with E-state index in [1.165, 1.54) is 18.1 Å². The summed E-state index contributed by atoms with van der Waals surface area (Å²) in [5.41, 5.74) is 1.29. The van der Waals surface area contributed by atoms with Gasteiger partial charge in [-0.05, 0) is 69.6 Å². The van der Waals surface area contributed by atoms with Crippen molar-refractivity contribution >= 4 is 46.6 Å². The molecule has 5 rings (SSSR count). The zero-order chi connectivity index (χ0) is 36.5. The van der Waals surface area contributed by atoms with Crippen LogP contribution in [0.5, 0.6) is 5.75 Å². The summed E-state index contributed by atoms with van der Waals surface area (Å²) in [6, 6.07) is 5.41. The van der Waals surface area contributed by atoms with Gasteiger partial charge in [0.15, 0.2) is 6.61 Å². The van der Waals surface area contributed by atoms with Gasteiger partial charge < -0.3 is 39.5 Å². The summed E-state index contributed by atoms with van der Waals surface area (Å²) >= 11 is 0. The molecule has 1 aromatic heterocycles. The van der Waals surface area contributed by atoms with Crippen LogP contribution in [-0.4, -0.2) is 127 Å². The van der Waals surface area contributed by atoms with Crippen LogP contribution in [-0.2, 0) is 28.7 Å². The van der Waals surface area contributed by atoms with Crippen LogP contribution in [0, 0.1) is 6.92 Å². The summed E-state index contributed by atoms with van der Waals surface area (Å²) in [6.45, 7) is 5.18. The molecule has 15 heteroatoms. The SMILES string of the molecule is CCCOC(=O)N1CCN(C(=O)[C@H](CCC(=O)OC)NC(=O)c2cc(OCC(=O)N3CCC[C@H]3C(=O)NC3CCC3)c3ccc(C)cc3n2)CC1. The van der Waals surface area contributed by atoms with Crippen LogP contribution in [0.25, 0.3) is 10.9 Å². The summed E-state index contributed by atoms with van der Waals surface area (Å²) < 4.78 is 16.0. The number of pyridine rings is 1. The number of hydrogen-bond donors (Lipinski definition) is 2. The highest BCUT2D eigenvalue weighted by Gasteiger charge is 2.36. The molecule has 51 heavy (non-hydrogen) atoms. The normalized spacial score (nSPS) is 18.1. The number of aromatic nitrogens is 1. The van der Waals surface area contributed by atoms with Gasteiger partial charge in [0.05, 0.1) is 19.2 Å². The van der Waals surface area contributed by atoms with Crippen LogP contribution in [0.1, 0.15) is 74.3 Å². The molecule has 3 aliphatic rings. The predicted molar refractivity (Wildman–Crippen MR) is 185 cm³/mol. The van der Waals surface area contributed by atoms with Gasteiger partial charge in [0.25, 0.3) is 11.8 Å². The molecular weight excluding hydrogens is 660 g/mol. The molecule has 1 saturated carbocycles. The lowest BCUT2D eigenvalue weighted by molar-refractivity contribution is -0.141. The molecule has 1 aliphatic carbocycles. The Kier molecular flexibility index (Phi) is 12.7. The van der Waals surface area contributed by atoms with Crippen LogP contribution in [0.15, 0.2) is 24.3 Å². The molecule has 1 aromatic carbocycles. The predicted octanol–water partition coefficient (Wildman–Crippen LogP) is 2.32. The molecule has 2 N–H and O–H groups in total. The van der Waals surface area contributed by atoms with Crippen LogP contribution in [0.2, 0.25) is 0 Å². The molecule has 0 bridgehead atoms. The third-order valence-electron chi connectivity index (χ3n) is 9.59. The summed E-state index contributed by atoms with van der Waals surface area (Å²) in [5.74, 6) is -1.85. The van der Waals surface area contributed by atoms with Crippen molar-refractivity contribution in [3.05, 3.63) is 35.5 Å². The first-order chi connectivity index (χ1) is 24.6. The minimum Gasteiger partial charge on any atom is -0.483 e. The third kappa shape index (κ3) is 9.44. The number of hydrogen-bond acceptors (Lipinski definition) is 10. The second-order valence-corrected chi connectivity index (χ2v) is 13.3. The quantitative estimate of drug-likeness (QED) is 0.294. The average Bonchev–Trinajstić information content (AvgIpc) is 3.62. The van der Waals surface area contributed by atoms with Gasteiger partial charge in [-0.25, -0.2) is 9.78 Å². The summed E-state index contributed by atoms with van der Waals surface area (Å²) in [7, 11) is 1.25. The van der Waals surface area contributed by atoms with Gasteiger partial charge >= 0.3 is 12.1 Å². The molecule has 276 valence electrons.